The Hall–Kier alpha value is -0.660. The van der Waals surface area contributed by atoms with Gasteiger partial charge in [-0.25, -0.2) is 0 Å². The molecule has 0 spiro atoms. The van der Waals surface area contributed by atoms with Gasteiger partial charge < -0.3 is 0 Å². The minimum atomic E-state index is -4.08. The lowest BCUT2D eigenvalue weighted by Crippen LogP contribution is -2.69. The second-order valence-electron chi connectivity index (χ2n) is 24.2. The van der Waals surface area contributed by atoms with Crippen molar-refractivity contribution < 1.29 is 26.3 Å². The fourth-order valence-corrected chi connectivity index (χ4v) is 18.4. The smallest absolute Gasteiger partial charge is 0.298 e. The molecule has 4 heterocycles. The highest BCUT2D eigenvalue weighted by molar-refractivity contribution is 5.17. The Morgan fingerprint density at radius 1 is 0.328 bits per heavy atom. The minimum Gasteiger partial charge on any atom is -0.298 e. The van der Waals surface area contributed by atoms with Crippen molar-refractivity contribution in [3.63, 3.8) is 0 Å². The van der Waals surface area contributed by atoms with E-state index in [2.05, 4.69) is 31.1 Å². The molecule has 11 aliphatic rings. The van der Waals surface area contributed by atoms with Gasteiger partial charge in [-0.15, -0.1) is 0 Å². The van der Waals surface area contributed by atoms with Gasteiger partial charge in [0.1, 0.15) is 0 Å². The lowest BCUT2D eigenvalue weighted by molar-refractivity contribution is -0.185. The summed E-state index contributed by atoms with van der Waals surface area (Å²) in [6, 6.07) is 2.85. The molecule has 0 radical (unpaired) electrons. The second-order valence-corrected chi connectivity index (χ2v) is 24.2. The summed E-state index contributed by atoms with van der Waals surface area (Å²) in [6.45, 7) is 0. The first-order chi connectivity index (χ1) is 31.0. The standard InChI is InChI=1S/C52H84F6N6/c53-51(54,55)35-23-19-31(20-24-35)39-29-45(61-49(59-39)33-11-3-1-4-12-33)63-41-17-9-7-15-37(41)47-43(63)27-28-44-48(47)38-16-8-10-18-42(38)64(44)46-30-40(32-21-25-36(26-22-32)52(56,57)58)60-50(62-46)34-13-5-2-6-14-34/h31-50,59-62H,1-30H2. The summed E-state index contributed by atoms with van der Waals surface area (Å²) < 4.78 is 83.3. The molecule has 0 bridgehead atoms. The fourth-order valence-electron chi connectivity index (χ4n) is 18.4. The molecule has 0 amide bonds. The number of hydrogen-bond donors (Lipinski definition) is 4. The van der Waals surface area contributed by atoms with Gasteiger partial charge in [-0.1, -0.05) is 64.2 Å². The molecule has 6 nitrogen and oxygen atoms in total. The summed E-state index contributed by atoms with van der Waals surface area (Å²) in [5.74, 6) is 2.35. The third-order valence-electron chi connectivity index (χ3n) is 21.2. The molecule has 12 heteroatoms. The molecule has 0 aromatic heterocycles. The van der Waals surface area contributed by atoms with Gasteiger partial charge in [0.05, 0.1) is 36.5 Å². The summed E-state index contributed by atoms with van der Waals surface area (Å²) >= 11 is 0. The molecule has 64 heavy (non-hydrogen) atoms. The number of rotatable bonds is 6. The summed E-state index contributed by atoms with van der Waals surface area (Å²) in [6.07, 6.45) is 24.5. The van der Waals surface area contributed by atoms with E-state index in [9.17, 15) is 26.3 Å². The Bertz CT molecular complexity index is 1420. The summed E-state index contributed by atoms with van der Waals surface area (Å²) in [4.78, 5) is 6.18. The molecule has 7 aliphatic carbocycles. The van der Waals surface area contributed by atoms with E-state index in [1.54, 1.807) is 0 Å². The van der Waals surface area contributed by atoms with Crippen LogP contribution in [-0.2, 0) is 0 Å². The topological polar surface area (TPSA) is 54.6 Å². The van der Waals surface area contributed by atoms with E-state index in [1.807, 2.05) is 0 Å². The van der Waals surface area contributed by atoms with Crippen molar-refractivity contribution in [1.29, 1.82) is 0 Å². The van der Waals surface area contributed by atoms with E-state index in [0.29, 0.717) is 97.2 Å². The average Bonchev–Trinajstić information content (AvgIpc) is 3.84. The molecule has 364 valence electrons. The number of fused-ring (bicyclic) bond motifs is 7. The molecule has 0 aromatic rings. The molecule has 7 saturated carbocycles. The highest BCUT2D eigenvalue weighted by Crippen LogP contribution is 2.61. The number of alkyl halides is 6. The van der Waals surface area contributed by atoms with E-state index in [1.165, 1.54) is 128 Å². The molecule has 14 atom stereocenters. The Labute approximate surface area is 381 Å². The zero-order chi connectivity index (χ0) is 43.7. The highest BCUT2D eigenvalue weighted by Gasteiger charge is 2.64. The number of likely N-dealkylation sites (tertiary alicyclic amines) is 2. The number of hydrogen-bond acceptors (Lipinski definition) is 6. The molecule has 4 aliphatic heterocycles. The number of halogens is 6. The quantitative estimate of drug-likeness (QED) is 0.199. The second kappa shape index (κ2) is 18.9. The van der Waals surface area contributed by atoms with Crippen LogP contribution in [0.1, 0.15) is 193 Å². The maximum atomic E-state index is 13.9. The molecule has 11 fully saturated rings. The van der Waals surface area contributed by atoms with Crippen LogP contribution in [0.4, 0.5) is 26.3 Å². The third kappa shape index (κ3) is 8.91. The third-order valence-corrected chi connectivity index (χ3v) is 21.2. The van der Waals surface area contributed by atoms with E-state index in [4.69, 9.17) is 0 Å². The van der Waals surface area contributed by atoms with Gasteiger partial charge in [0.15, 0.2) is 0 Å². The molecular weight excluding hydrogens is 823 g/mol. The van der Waals surface area contributed by atoms with Crippen LogP contribution in [0.2, 0.25) is 0 Å². The van der Waals surface area contributed by atoms with Crippen LogP contribution < -0.4 is 21.3 Å². The van der Waals surface area contributed by atoms with Crippen molar-refractivity contribution in [2.75, 3.05) is 0 Å². The van der Waals surface area contributed by atoms with E-state index >= 15 is 0 Å². The number of nitrogens with zero attached hydrogens (tertiary/aromatic N) is 2. The Kier molecular flexibility index (Phi) is 13.5. The molecule has 4 saturated heterocycles. The predicted molar refractivity (Wildman–Crippen MR) is 240 cm³/mol. The lowest BCUT2D eigenvalue weighted by Gasteiger charge is -2.52. The van der Waals surface area contributed by atoms with E-state index < -0.39 is 24.2 Å². The minimum absolute atomic E-state index is 0.242. The Morgan fingerprint density at radius 3 is 1.06 bits per heavy atom. The van der Waals surface area contributed by atoms with Crippen LogP contribution in [0.3, 0.4) is 0 Å². The van der Waals surface area contributed by atoms with Crippen molar-refractivity contribution in [3.05, 3.63) is 0 Å². The zero-order valence-electron chi connectivity index (χ0n) is 38.9. The van der Waals surface area contributed by atoms with Gasteiger partial charge in [-0.2, -0.15) is 26.3 Å². The largest absolute Gasteiger partial charge is 0.391 e. The zero-order valence-corrected chi connectivity index (χ0v) is 38.9. The molecule has 14 unspecified atom stereocenters. The fraction of sp³-hybridized carbons (Fsp3) is 1.00. The van der Waals surface area contributed by atoms with Crippen LogP contribution in [0, 0.1) is 59.2 Å². The van der Waals surface area contributed by atoms with Crippen LogP contribution in [0.25, 0.3) is 0 Å². The van der Waals surface area contributed by atoms with Crippen LogP contribution in [0.5, 0.6) is 0 Å². The van der Waals surface area contributed by atoms with Gasteiger partial charge in [-0.05, 0) is 176 Å². The molecular formula is C52H84F6N6. The molecule has 11 rings (SSSR count). The monoisotopic (exact) mass is 907 g/mol. The predicted octanol–water partition coefficient (Wildman–Crippen LogP) is 11.6. The average molecular weight is 907 g/mol. The number of nitrogens with one attached hydrogen (secondary N) is 4. The van der Waals surface area contributed by atoms with E-state index in [0.717, 1.165) is 12.8 Å². The van der Waals surface area contributed by atoms with Crippen molar-refractivity contribution in [1.82, 2.24) is 31.1 Å². The first-order valence-electron chi connectivity index (χ1n) is 27.7. The van der Waals surface area contributed by atoms with Crippen molar-refractivity contribution in [3.8, 4) is 0 Å². The summed E-state index contributed by atoms with van der Waals surface area (Å²) in [5, 5.41) is 16.9. The molecule has 0 aromatic carbocycles. The summed E-state index contributed by atoms with van der Waals surface area (Å²) in [5.41, 5.74) is 0. The van der Waals surface area contributed by atoms with Gasteiger partial charge in [-0.3, -0.25) is 31.1 Å². The van der Waals surface area contributed by atoms with E-state index in [-0.39, 0.29) is 62.4 Å². The van der Waals surface area contributed by atoms with Crippen molar-refractivity contribution in [2.24, 2.45) is 59.2 Å². The molecule has 4 N–H and O–H groups in total. The Morgan fingerprint density at radius 2 is 0.688 bits per heavy atom. The first kappa shape index (κ1) is 45.8. The Balaban J connectivity index is 0.869. The van der Waals surface area contributed by atoms with Crippen molar-refractivity contribution in [2.45, 2.75) is 266 Å². The van der Waals surface area contributed by atoms with Crippen LogP contribution >= 0.6 is 0 Å². The van der Waals surface area contributed by atoms with Gasteiger partial charge >= 0.3 is 12.4 Å². The van der Waals surface area contributed by atoms with Crippen molar-refractivity contribution >= 4 is 0 Å². The highest BCUT2D eigenvalue weighted by atomic mass is 19.4. The maximum Gasteiger partial charge on any atom is 0.391 e. The first-order valence-corrected chi connectivity index (χ1v) is 27.7. The van der Waals surface area contributed by atoms with Gasteiger partial charge in [0.25, 0.3) is 0 Å². The SMILES string of the molecule is FC(F)(F)C1CCC(C2CC(N3C4CCCCC4C4C5C6CCCCC6N(C6CC(C7CCC(C(F)(F)F)CC7)NC(C7CCCCC7)N6)C5CCC43)NC(C3CCCCC3)N2)CC1. The van der Waals surface area contributed by atoms with Crippen LogP contribution in [-0.4, -0.2) is 83.1 Å². The normalized spacial score (nSPS) is 48.3. The van der Waals surface area contributed by atoms with Crippen LogP contribution in [0.15, 0.2) is 0 Å². The summed E-state index contributed by atoms with van der Waals surface area (Å²) in [7, 11) is 0. The van der Waals surface area contributed by atoms with Gasteiger partial charge in [0, 0.05) is 36.3 Å². The lowest BCUT2D eigenvalue weighted by atomic mass is 9.62. The maximum absolute atomic E-state index is 13.9. The van der Waals surface area contributed by atoms with Gasteiger partial charge in [0.2, 0.25) is 0 Å².